The lowest BCUT2D eigenvalue weighted by atomic mass is 9.99. The van der Waals surface area contributed by atoms with Crippen LogP contribution in [-0.2, 0) is 4.79 Å². The molecule has 2 amide bonds. The van der Waals surface area contributed by atoms with Gasteiger partial charge in [0.2, 0.25) is 5.91 Å². The van der Waals surface area contributed by atoms with E-state index < -0.39 is 6.04 Å². The fourth-order valence-corrected chi connectivity index (χ4v) is 4.31. The zero-order valence-corrected chi connectivity index (χ0v) is 16.9. The summed E-state index contributed by atoms with van der Waals surface area (Å²) in [5.41, 5.74) is 1.64. The Bertz CT molecular complexity index is 829. The Morgan fingerprint density at radius 1 is 1.37 bits per heavy atom. The molecule has 27 heavy (non-hydrogen) atoms. The molecule has 2 heterocycles. The molecule has 0 bridgehead atoms. The van der Waals surface area contributed by atoms with Crippen molar-refractivity contribution in [2.45, 2.75) is 33.7 Å². The summed E-state index contributed by atoms with van der Waals surface area (Å²) >= 11 is 1.37. The molecule has 1 N–H and O–H groups in total. The second-order valence-corrected chi connectivity index (χ2v) is 7.87. The predicted octanol–water partition coefficient (Wildman–Crippen LogP) is 3.11. The Labute approximate surface area is 163 Å². The molecule has 0 aliphatic carbocycles. The fraction of sp³-hybridized carbons (Fsp3) is 0.450. The lowest BCUT2D eigenvalue weighted by Crippen LogP contribution is -2.59. The summed E-state index contributed by atoms with van der Waals surface area (Å²) in [7, 11) is 0. The van der Waals surface area contributed by atoms with Crippen molar-refractivity contribution in [1.82, 2.24) is 15.2 Å². The van der Waals surface area contributed by atoms with Gasteiger partial charge in [-0.05, 0) is 44.0 Å². The molecule has 1 aliphatic heterocycles. The fourth-order valence-electron chi connectivity index (χ4n) is 3.28. The van der Waals surface area contributed by atoms with E-state index in [-0.39, 0.29) is 17.7 Å². The monoisotopic (exact) mass is 387 g/mol. The molecule has 1 fully saturated rings. The Morgan fingerprint density at radius 3 is 2.70 bits per heavy atom. The van der Waals surface area contributed by atoms with Crippen molar-refractivity contribution in [3.63, 3.8) is 0 Å². The normalized spacial score (nSPS) is 17.1. The van der Waals surface area contributed by atoms with Gasteiger partial charge in [0.15, 0.2) is 0 Å². The SMILES string of the molecule is CCOc1ccc(-c2nc(C)c(C(=O)N3CCNC(=O)C3C(C)C)s2)cc1. The first kappa shape index (κ1) is 19.4. The molecule has 144 valence electrons. The third-order valence-corrected chi connectivity index (χ3v) is 5.75. The van der Waals surface area contributed by atoms with Gasteiger partial charge in [0.25, 0.3) is 5.91 Å². The van der Waals surface area contributed by atoms with E-state index in [2.05, 4.69) is 10.3 Å². The molecule has 1 unspecified atom stereocenters. The summed E-state index contributed by atoms with van der Waals surface area (Å²) < 4.78 is 5.47. The van der Waals surface area contributed by atoms with E-state index in [1.165, 1.54) is 11.3 Å². The van der Waals surface area contributed by atoms with E-state index in [1.54, 1.807) is 4.90 Å². The number of hydrogen-bond donors (Lipinski definition) is 1. The van der Waals surface area contributed by atoms with Crippen molar-refractivity contribution >= 4 is 23.2 Å². The Morgan fingerprint density at radius 2 is 2.07 bits per heavy atom. The van der Waals surface area contributed by atoms with Crippen LogP contribution < -0.4 is 10.1 Å². The molecular weight excluding hydrogens is 362 g/mol. The number of carbonyl (C=O) groups is 2. The van der Waals surface area contributed by atoms with Crippen molar-refractivity contribution in [2.24, 2.45) is 5.92 Å². The van der Waals surface area contributed by atoms with Gasteiger partial charge in [-0.25, -0.2) is 4.98 Å². The summed E-state index contributed by atoms with van der Waals surface area (Å²) in [6.45, 7) is 9.33. The molecule has 1 aromatic carbocycles. The maximum Gasteiger partial charge on any atom is 0.266 e. The largest absolute Gasteiger partial charge is 0.494 e. The van der Waals surface area contributed by atoms with Gasteiger partial charge in [-0.1, -0.05) is 13.8 Å². The number of aromatic nitrogens is 1. The Kier molecular flexibility index (Phi) is 5.79. The molecule has 0 spiro atoms. The van der Waals surface area contributed by atoms with Crippen molar-refractivity contribution in [1.29, 1.82) is 0 Å². The molecule has 1 atom stereocenters. The molecule has 6 nitrogen and oxygen atoms in total. The number of thiazole rings is 1. The first-order chi connectivity index (χ1) is 12.9. The smallest absolute Gasteiger partial charge is 0.266 e. The number of hydrogen-bond acceptors (Lipinski definition) is 5. The molecule has 3 rings (SSSR count). The molecule has 0 saturated carbocycles. The quantitative estimate of drug-likeness (QED) is 0.856. The van der Waals surface area contributed by atoms with Crippen LogP contribution in [0.2, 0.25) is 0 Å². The number of amides is 2. The van der Waals surface area contributed by atoms with Gasteiger partial charge in [-0.2, -0.15) is 0 Å². The van der Waals surface area contributed by atoms with Crippen LogP contribution in [0.25, 0.3) is 10.6 Å². The number of ether oxygens (including phenoxy) is 1. The molecular formula is C20H25N3O3S. The Hall–Kier alpha value is -2.41. The second kappa shape index (κ2) is 8.08. The maximum absolute atomic E-state index is 13.2. The van der Waals surface area contributed by atoms with Crippen LogP contribution in [-0.4, -0.2) is 47.4 Å². The van der Waals surface area contributed by atoms with Crippen molar-refractivity contribution in [3.8, 4) is 16.3 Å². The second-order valence-electron chi connectivity index (χ2n) is 6.87. The lowest BCUT2D eigenvalue weighted by Gasteiger charge is -2.37. The average molecular weight is 388 g/mol. The molecule has 1 aromatic heterocycles. The molecule has 1 saturated heterocycles. The zero-order valence-electron chi connectivity index (χ0n) is 16.1. The van der Waals surface area contributed by atoms with Gasteiger partial charge in [-0.3, -0.25) is 9.59 Å². The van der Waals surface area contributed by atoms with Gasteiger partial charge in [-0.15, -0.1) is 11.3 Å². The lowest BCUT2D eigenvalue weighted by molar-refractivity contribution is -0.129. The molecule has 0 radical (unpaired) electrons. The molecule has 7 heteroatoms. The van der Waals surface area contributed by atoms with E-state index in [1.807, 2.05) is 52.0 Å². The highest BCUT2D eigenvalue weighted by Gasteiger charge is 2.36. The third-order valence-electron chi connectivity index (χ3n) is 4.55. The summed E-state index contributed by atoms with van der Waals surface area (Å²) in [6.07, 6.45) is 0. The highest BCUT2D eigenvalue weighted by Crippen LogP contribution is 2.31. The number of piperazine rings is 1. The van der Waals surface area contributed by atoms with Crippen LogP contribution in [0.15, 0.2) is 24.3 Å². The predicted molar refractivity (Wildman–Crippen MR) is 106 cm³/mol. The summed E-state index contributed by atoms with van der Waals surface area (Å²) in [4.78, 5) is 32.3. The van der Waals surface area contributed by atoms with Gasteiger partial charge in [0.05, 0.1) is 12.3 Å². The van der Waals surface area contributed by atoms with Crippen LogP contribution in [0.3, 0.4) is 0 Å². The van der Waals surface area contributed by atoms with Crippen LogP contribution in [0, 0.1) is 12.8 Å². The maximum atomic E-state index is 13.2. The minimum atomic E-state index is -0.443. The topological polar surface area (TPSA) is 71.5 Å². The van der Waals surface area contributed by atoms with Crippen LogP contribution in [0.4, 0.5) is 0 Å². The van der Waals surface area contributed by atoms with E-state index in [9.17, 15) is 9.59 Å². The van der Waals surface area contributed by atoms with Crippen molar-refractivity contribution in [2.75, 3.05) is 19.7 Å². The zero-order chi connectivity index (χ0) is 19.6. The minimum absolute atomic E-state index is 0.0491. The number of aryl methyl sites for hydroxylation is 1. The summed E-state index contributed by atoms with van der Waals surface area (Å²) in [5.74, 6) is 0.659. The van der Waals surface area contributed by atoms with E-state index in [4.69, 9.17) is 4.74 Å². The van der Waals surface area contributed by atoms with Gasteiger partial charge < -0.3 is 15.0 Å². The highest BCUT2D eigenvalue weighted by atomic mass is 32.1. The van der Waals surface area contributed by atoms with E-state index >= 15 is 0 Å². The standard InChI is InChI=1S/C20H25N3O3S/c1-5-26-15-8-6-14(7-9-15)19-22-13(4)17(27-19)20(25)23-11-10-21-18(24)16(23)12(2)3/h6-9,12,16H,5,10-11H2,1-4H3,(H,21,24). The van der Waals surface area contributed by atoms with Gasteiger partial charge in [0.1, 0.15) is 21.7 Å². The summed E-state index contributed by atoms with van der Waals surface area (Å²) in [6, 6.07) is 7.26. The minimum Gasteiger partial charge on any atom is -0.494 e. The number of carbonyl (C=O) groups excluding carboxylic acids is 2. The van der Waals surface area contributed by atoms with E-state index in [0.29, 0.717) is 30.3 Å². The molecule has 2 aromatic rings. The molecule has 1 aliphatic rings. The van der Waals surface area contributed by atoms with Crippen molar-refractivity contribution < 1.29 is 14.3 Å². The first-order valence-electron chi connectivity index (χ1n) is 9.21. The average Bonchev–Trinajstić information content (AvgIpc) is 3.03. The number of nitrogens with one attached hydrogen (secondary N) is 1. The number of nitrogens with zero attached hydrogens (tertiary/aromatic N) is 2. The highest BCUT2D eigenvalue weighted by molar-refractivity contribution is 7.17. The van der Waals surface area contributed by atoms with Gasteiger partial charge in [0, 0.05) is 18.7 Å². The van der Waals surface area contributed by atoms with E-state index in [0.717, 1.165) is 16.3 Å². The van der Waals surface area contributed by atoms with Crippen LogP contribution >= 0.6 is 11.3 Å². The van der Waals surface area contributed by atoms with Crippen LogP contribution in [0.1, 0.15) is 36.1 Å². The third kappa shape index (κ3) is 3.98. The summed E-state index contributed by atoms with van der Waals surface area (Å²) in [5, 5.41) is 3.65. The first-order valence-corrected chi connectivity index (χ1v) is 10.0. The number of benzene rings is 1. The van der Waals surface area contributed by atoms with Crippen molar-refractivity contribution in [3.05, 3.63) is 34.8 Å². The number of rotatable bonds is 5. The van der Waals surface area contributed by atoms with Crippen LogP contribution in [0.5, 0.6) is 5.75 Å². The van der Waals surface area contributed by atoms with Gasteiger partial charge >= 0.3 is 0 Å². The Balaban J connectivity index is 1.87.